The fourth-order valence-corrected chi connectivity index (χ4v) is 3.89. The minimum absolute atomic E-state index is 0.0116. The number of amides is 1. The van der Waals surface area contributed by atoms with Crippen LogP contribution in [0.2, 0.25) is 0 Å². The fourth-order valence-electron chi connectivity index (χ4n) is 3.89. The number of ether oxygens (including phenoxy) is 3. The fraction of sp³-hybridized carbons (Fsp3) is 0.222. The number of carbonyl (C=O) groups is 2. The zero-order valence-corrected chi connectivity index (χ0v) is 19.1. The first-order valence-electron chi connectivity index (χ1n) is 11.0. The maximum atomic E-state index is 13.1. The van der Waals surface area contributed by atoms with Gasteiger partial charge in [-0.15, -0.1) is 0 Å². The van der Waals surface area contributed by atoms with E-state index in [1.807, 2.05) is 66.7 Å². The second-order valence-electron chi connectivity index (χ2n) is 7.79. The quantitative estimate of drug-likeness (QED) is 0.474. The lowest BCUT2D eigenvalue weighted by Crippen LogP contribution is -2.31. The molecule has 0 aromatic heterocycles. The minimum atomic E-state index is -0.509. The summed E-state index contributed by atoms with van der Waals surface area (Å²) in [5.74, 6) is 0.432. The van der Waals surface area contributed by atoms with E-state index in [2.05, 4.69) is 5.10 Å². The first-order valence-corrected chi connectivity index (χ1v) is 11.0. The molecule has 1 amide bonds. The van der Waals surface area contributed by atoms with E-state index in [-0.39, 0.29) is 18.4 Å². The Balaban J connectivity index is 1.48. The molecule has 0 spiro atoms. The normalized spacial score (nSPS) is 14.9. The standard InChI is InChI=1S/C27H26N2O5/c1-32-22-14-12-20(13-15-22)24-17-23(19-8-4-3-5-9-19)28-29(24)26(30)18-34-27(31)16-21-10-6-7-11-25(21)33-2/h3-15,24H,16-18H2,1-2H3. The van der Waals surface area contributed by atoms with Crippen LogP contribution in [0, 0.1) is 0 Å². The molecular weight excluding hydrogens is 432 g/mol. The predicted octanol–water partition coefficient (Wildman–Crippen LogP) is 4.17. The summed E-state index contributed by atoms with van der Waals surface area (Å²) in [5.41, 5.74) is 3.37. The molecule has 7 heteroatoms. The predicted molar refractivity (Wildman–Crippen MR) is 128 cm³/mol. The van der Waals surface area contributed by atoms with Crippen molar-refractivity contribution in [2.45, 2.75) is 18.9 Å². The SMILES string of the molecule is COc1ccc(C2CC(c3ccccc3)=NN2C(=O)COC(=O)Cc2ccccc2OC)cc1. The molecule has 3 aromatic carbocycles. The van der Waals surface area contributed by atoms with E-state index in [0.717, 1.165) is 22.6 Å². The number of hydrogen-bond acceptors (Lipinski definition) is 6. The lowest BCUT2D eigenvalue weighted by molar-refractivity contribution is -0.152. The number of esters is 1. The van der Waals surface area contributed by atoms with Crippen molar-refractivity contribution in [3.05, 3.63) is 95.6 Å². The van der Waals surface area contributed by atoms with Gasteiger partial charge in [0.1, 0.15) is 11.5 Å². The summed E-state index contributed by atoms with van der Waals surface area (Å²) >= 11 is 0. The second kappa shape index (κ2) is 10.7. The zero-order chi connectivity index (χ0) is 23.9. The van der Waals surface area contributed by atoms with Gasteiger partial charge in [-0.1, -0.05) is 60.7 Å². The Morgan fingerprint density at radius 1 is 0.912 bits per heavy atom. The molecule has 1 aliphatic rings. The van der Waals surface area contributed by atoms with E-state index in [0.29, 0.717) is 17.7 Å². The van der Waals surface area contributed by atoms with Gasteiger partial charge in [-0.25, -0.2) is 5.01 Å². The smallest absolute Gasteiger partial charge is 0.310 e. The molecule has 1 unspecified atom stereocenters. The Bertz CT molecular complexity index is 1180. The van der Waals surface area contributed by atoms with Crippen LogP contribution < -0.4 is 9.47 Å². The van der Waals surface area contributed by atoms with Gasteiger partial charge in [0, 0.05) is 12.0 Å². The molecular formula is C27H26N2O5. The van der Waals surface area contributed by atoms with Crippen LogP contribution in [-0.4, -0.2) is 43.4 Å². The molecule has 0 saturated carbocycles. The van der Waals surface area contributed by atoms with Gasteiger partial charge < -0.3 is 14.2 Å². The third-order valence-electron chi connectivity index (χ3n) is 5.66. The molecule has 0 N–H and O–H groups in total. The zero-order valence-electron chi connectivity index (χ0n) is 19.1. The van der Waals surface area contributed by atoms with Crippen molar-refractivity contribution in [3.8, 4) is 11.5 Å². The van der Waals surface area contributed by atoms with Crippen LogP contribution in [0.4, 0.5) is 0 Å². The molecule has 0 aliphatic carbocycles. The summed E-state index contributed by atoms with van der Waals surface area (Å²) < 4.78 is 15.8. The van der Waals surface area contributed by atoms with Crippen molar-refractivity contribution in [2.24, 2.45) is 5.10 Å². The number of benzene rings is 3. The molecule has 3 aromatic rings. The second-order valence-corrected chi connectivity index (χ2v) is 7.79. The van der Waals surface area contributed by atoms with E-state index in [9.17, 15) is 9.59 Å². The lowest BCUT2D eigenvalue weighted by atomic mass is 9.98. The molecule has 174 valence electrons. The van der Waals surface area contributed by atoms with E-state index in [4.69, 9.17) is 14.2 Å². The molecule has 7 nitrogen and oxygen atoms in total. The van der Waals surface area contributed by atoms with Gasteiger partial charge in [0.25, 0.3) is 5.91 Å². The van der Waals surface area contributed by atoms with Crippen molar-refractivity contribution in [1.29, 1.82) is 0 Å². The van der Waals surface area contributed by atoms with E-state index in [1.165, 1.54) is 5.01 Å². The average molecular weight is 459 g/mol. The van der Waals surface area contributed by atoms with Crippen LogP contribution in [0.15, 0.2) is 84.0 Å². The number of hydrogen-bond donors (Lipinski definition) is 0. The average Bonchev–Trinajstić information content (AvgIpc) is 3.34. The summed E-state index contributed by atoms with van der Waals surface area (Å²) in [7, 11) is 3.15. The van der Waals surface area contributed by atoms with E-state index >= 15 is 0 Å². The van der Waals surface area contributed by atoms with Crippen molar-refractivity contribution >= 4 is 17.6 Å². The number of rotatable bonds is 8. The summed E-state index contributed by atoms with van der Waals surface area (Å²) in [5, 5.41) is 6.02. The van der Waals surface area contributed by atoms with Gasteiger partial charge in [0.15, 0.2) is 6.61 Å². The van der Waals surface area contributed by atoms with Gasteiger partial charge in [-0.2, -0.15) is 5.10 Å². The van der Waals surface area contributed by atoms with Crippen molar-refractivity contribution in [1.82, 2.24) is 5.01 Å². The van der Waals surface area contributed by atoms with Crippen molar-refractivity contribution in [2.75, 3.05) is 20.8 Å². The van der Waals surface area contributed by atoms with Crippen LogP contribution >= 0.6 is 0 Å². The van der Waals surface area contributed by atoms with Crippen molar-refractivity contribution < 1.29 is 23.8 Å². The number of hydrazone groups is 1. The first-order chi connectivity index (χ1) is 16.6. The van der Waals surface area contributed by atoms with Gasteiger partial charge >= 0.3 is 5.97 Å². The third-order valence-corrected chi connectivity index (χ3v) is 5.66. The number of carbonyl (C=O) groups excluding carboxylic acids is 2. The Kier molecular flexibility index (Phi) is 7.22. The highest BCUT2D eigenvalue weighted by molar-refractivity contribution is 6.03. The molecule has 0 radical (unpaired) electrons. The Hall–Kier alpha value is -4.13. The number of nitrogens with zero attached hydrogens (tertiary/aromatic N) is 2. The van der Waals surface area contributed by atoms with Crippen LogP contribution in [0.3, 0.4) is 0 Å². The molecule has 4 rings (SSSR count). The molecule has 0 saturated heterocycles. The third kappa shape index (κ3) is 5.26. The summed E-state index contributed by atoms with van der Waals surface area (Å²) in [6.07, 6.45) is 0.564. The molecule has 0 fully saturated rings. The molecule has 1 aliphatic heterocycles. The minimum Gasteiger partial charge on any atom is -0.497 e. The largest absolute Gasteiger partial charge is 0.497 e. The molecule has 0 bridgehead atoms. The van der Waals surface area contributed by atoms with Gasteiger partial charge in [0.05, 0.1) is 32.4 Å². The van der Waals surface area contributed by atoms with Crippen molar-refractivity contribution in [3.63, 3.8) is 0 Å². The summed E-state index contributed by atoms with van der Waals surface area (Å²) in [6.45, 7) is -0.397. The highest BCUT2D eigenvalue weighted by atomic mass is 16.5. The Labute approximate surface area is 198 Å². The van der Waals surface area contributed by atoms with Gasteiger partial charge in [-0.3, -0.25) is 9.59 Å². The summed E-state index contributed by atoms with van der Waals surface area (Å²) in [4.78, 5) is 25.5. The van der Waals surface area contributed by atoms with Crippen LogP contribution in [0.1, 0.15) is 29.2 Å². The topological polar surface area (TPSA) is 77.4 Å². The molecule has 34 heavy (non-hydrogen) atoms. The van der Waals surface area contributed by atoms with Crippen LogP contribution in [0.25, 0.3) is 0 Å². The maximum absolute atomic E-state index is 13.1. The molecule has 1 heterocycles. The van der Waals surface area contributed by atoms with Gasteiger partial charge in [-0.05, 0) is 29.3 Å². The van der Waals surface area contributed by atoms with Gasteiger partial charge in [0.2, 0.25) is 0 Å². The Morgan fingerprint density at radius 2 is 1.62 bits per heavy atom. The lowest BCUT2D eigenvalue weighted by Gasteiger charge is -2.22. The highest BCUT2D eigenvalue weighted by Gasteiger charge is 2.33. The molecule has 1 atom stereocenters. The Morgan fingerprint density at radius 3 is 2.32 bits per heavy atom. The monoisotopic (exact) mass is 458 g/mol. The first kappa shape index (κ1) is 23.0. The van der Waals surface area contributed by atoms with E-state index < -0.39 is 12.6 Å². The number of para-hydroxylation sites is 1. The summed E-state index contributed by atoms with van der Waals surface area (Å²) in [6, 6.07) is 24.2. The maximum Gasteiger partial charge on any atom is 0.310 e. The van der Waals surface area contributed by atoms with Crippen LogP contribution in [0.5, 0.6) is 11.5 Å². The number of methoxy groups -OCH3 is 2. The highest BCUT2D eigenvalue weighted by Crippen LogP contribution is 2.33. The van der Waals surface area contributed by atoms with E-state index in [1.54, 1.807) is 26.4 Å². The van der Waals surface area contributed by atoms with Crippen LogP contribution in [-0.2, 0) is 20.7 Å².